The Morgan fingerprint density at radius 1 is 1.09 bits per heavy atom. The first-order valence-electron chi connectivity index (χ1n) is 9.90. The highest BCUT2D eigenvalue weighted by molar-refractivity contribution is 5.98. The molecule has 180 valence electrons. The number of Topliss-reactive ketones (excluding diaryl/α,β-unsaturated/α-hetero) is 1. The van der Waals surface area contributed by atoms with Crippen LogP contribution in [0.4, 0.5) is 13.2 Å². The number of esters is 2. The van der Waals surface area contributed by atoms with E-state index < -0.39 is 42.7 Å². The molecule has 0 aliphatic rings. The quantitative estimate of drug-likeness (QED) is 0.391. The van der Waals surface area contributed by atoms with Crippen LogP contribution >= 0.6 is 0 Å². The van der Waals surface area contributed by atoms with Crippen molar-refractivity contribution in [3.8, 4) is 5.75 Å². The Morgan fingerprint density at radius 2 is 1.72 bits per heavy atom. The van der Waals surface area contributed by atoms with E-state index >= 15 is 0 Å². The van der Waals surface area contributed by atoms with E-state index in [1.165, 1.54) is 27.2 Å². The largest absolute Gasteiger partial charge is 0.496 e. The second-order valence-corrected chi connectivity index (χ2v) is 8.38. The van der Waals surface area contributed by atoms with Gasteiger partial charge in [-0.1, -0.05) is 12.1 Å². The van der Waals surface area contributed by atoms with E-state index in [4.69, 9.17) is 9.47 Å². The van der Waals surface area contributed by atoms with Gasteiger partial charge in [0, 0.05) is 6.54 Å². The summed E-state index contributed by atoms with van der Waals surface area (Å²) in [6, 6.07) is 4.65. The molecule has 0 aromatic heterocycles. The Balaban J connectivity index is 3.09. The molecule has 0 heterocycles. The number of ketones is 1. The molecule has 0 aliphatic heterocycles. The second-order valence-electron chi connectivity index (χ2n) is 8.38. The number of rotatable bonds is 10. The monoisotopic (exact) mass is 461 g/mol. The summed E-state index contributed by atoms with van der Waals surface area (Å²) in [5, 5.41) is 0. The van der Waals surface area contributed by atoms with Crippen molar-refractivity contribution in [2.75, 3.05) is 27.3 Å². The Kier molecular flexibility index (Phi) is 9.69. The average molecular weight is 461 g/mol. The summed E-state index contributed by atoms with van der Waals surface area (Å²) in [5.41, 5.74) is 0.158. The van der Waals surface area contributed by atoms with E-state index in [0.29, 0.717) is 16.9 Å². The van der Waals surface area contributed by atoms with Crippen molar-refractivity contribution in [1.82, 2.24) is 4.90 Å². The van der Waals surface area contributed by atoms with Crippen LogP contribution in [0.15, 0.2) is 18.2 Å². The number of alkyl halides is 3. The number of hydrogen-bond acceptors (Lipinski definition) is 7. The minimum Gasteiger partial charge on any atom is -0.496 e. The van der Waals surface area contributed by atoms with Crippen LogP contribution in [0.3, 0.4) is 0 Å². The zero-order valence-corrected chi connectivity index (χ0v) is 19.2. The van der Waals surface area contributed by atoms with Crippen molar-refractivity contribution < 1.29 is 41.8 Å². The topological polar surface area (TPSA) is 82.1 Å². The van der Waals surface area contributed by atoms with Crippen LogP contribution in [0.1, 0.15) is 38.8 Å². The highest BCUT2D eigenvalue weighted by Crippen LogP contribution is 2.26. The summed E-state index contributed by atoms with van der Waals surface area (Å²) in [4.78, 5) is 36.7. The first-order valence-corrected chi connectivity index (χ1v) is 9.90. The Hall–Kier alpha value is -2.62. The maximum Gasteiger partial charge on any atom is 0.401 e. The zero-order chi connectivity index (χ0) is 24.7. The molecule has 0 amide bonds. The smallest absolute Gasteiger partial charge is 0.401 e. The zero-order valence-electron chi connectivity index (χ0n) is 19.2. The van der Waals surface area contributed by atoms with E-state index in [9.17, 15) is 27.6 Å². The van der Waals surface area contributed by atoms with Crippen LogP contribution < -0.4 is 4.74 Å². The Morgan fingerprint density at radius 3 is 2.19 bits per heavy atom. The standard InChI is InChI=1S/C22H30F3NO6/c1-14(27)17(20(29)31-6)10-16-8-7-15(9-18(16)30-5)11-26(13-22(23,24)25)12-19(28)32-21(2,3)4/h7-9,17H,10-13H2,1-6H3. The lowest BCUT2D eigenvalue weighted by atomic mass is 9.94. The number of benzene rings is 1. The number of methoxy groups -OCH3 is 2. The molecule has 0 bridgehead atoms. The number of halogens is 3. The fourth-order valence-electron chi connectivity index (χ4n) is 3.05. The molecule has 7 nitrogen and oxygen atoms in total. The third-order valence-electron chi connectivity index (χ3n) is 4.33. The highest BCUT2D eigenvalue weighted by Gasteiger charge is 2.32. The molecular weight excluding hydrogens is 431 g/mol. The van der Waals surface area contributed by atoms with Gasteiger partial charge >= 0.3 is 18.1 Å². The van der Waals surface area contributed by atoms with Crippen molar-refractivity contribution in [3.63, 3.8) is 0 Å². The van der Waals surface area contributed by atoms with Crippen molar-refractivity contribution >= 4 is 17.7 Å². The first-order chi connectivity index (χ1) is 14.6. The average Bonchev–Trinajstić information content (AvgIpc) is 2.62. The third kappa shape index (κ3) is 9.67. The lowest BCUT2D eigenvalue weighted by molar-refractivity contribution is -0.165. The second kappa shape index (κ2) is 11.3. The number of ether oxygens (including phenoxy) is 3. The third-order valence-corrected chi connectivity index (χ3v) is 4.33. The Labute approximate surface area is 185 Å². The Bertz CT molecular complexity index is 817. The molecule has 1 atom stereocenters. The molecule has 1 unspecified atom stereocenters. The van der Waals surface area contributed by atoms with Gasteiger partial charge in [-0.3, -0.25) is 19.3 Å². The number of hydrogen-bond donors (Lipinski definition) is 0. The van der Waals surface area contributed by atoms with Crippen LogP contribution in [0.5, 0.6) is 5.75 Å². The van der Waals surface area contributed by atoms with Crippen LogP contribution in [-0.4, -0.2) is 61.7 Å². The van der Waals surface area contributed by atoms with Gasteiger partial charge < -0.3 is 14.2 Å². The van der Waals surface area contributed by atoms with Gasteiger partial charge in [0.25, 0.3) is 0 Å². The molecule has 0 saturated heterocycles. The summed E-state index contributed by atoms with van der Waals surface area (Å²) >= 11 is 0. The lowest BCUT2D eigenvalue weighted by Gasteiger charge is -2.26. The summed E-state index contributed by atoms with van der Waals surface area (Å²) in [6.45, 7) is 4.12. The predicted molar refractivity (Wildman–Crippen MR) is 110 cm³/mol. The van der Waals surface area contributed by atoms with Gasteiger partial charge in [-0.2, -0.15) is 13.2 Å². The fourth-order valence-corrected chi connectivity index (χ4v) is 3.05. The van der Waals surface area contributed by atoms with Crippen LogP contribution in [0.25, 0.3) is 0 Å². The number of carbonyl (C=O) groups is 3. The van der Waals surface area contributed by atoms with Crippen LogP contribution in [0, 0.1) is 5.92 Å². The van der Waals surface area contributed by atoms with E-state index in [1.54, 1.807) is 32.9 Å². The van der Waals surface area contributed by atoms with Crippen molar-refractivity contribution in [1.29, 1.82) is 0 Å². The van der Waals surface area contributed by atoms with Gasteiger partial charge in [0.05, 0.1) is 27.3 Å². The van der Waals surface area contributed by atoms with E-state index in [2.05, 4.69) is 4.74 Å². The van der Waals surface area contributed by atoms with Crippen LogP contribution in [0.2, 0.25) is 0 Å². The predicted octanol–water partition coefficient (Wildman–Crippen LogP) is 3.32. The van der Waals surface area contributed by atoms with Crippen molar-refractivity contribution in [3.05, 3.63) is 29.3 Å². The van der Waals surface area contributed by atoms with Crippen LogP contribution in [-0.2, 0) is 36.8 Å². The number of carbonyl (C=O) groups excluding carboxylic acids is 3. The van der Waals surface area contributed by atoms with Gasteiger partial charge in [-0.25, -0.2) is 0 Å². The molecule has 10 heteroatoms. The molecule has 1 aromatic rings. The molecular formula is C22H30F3NO6. The fraction of sp³-hybridized carbons (Fsp3) is 0.591. The summed E-state index contributed by atoms with van der Waals surface area (Å²) < 4.78 is 54.2. The maximum atomic E-state index is 13.0. The molecule has 0 saturated carbocycles. The van der Waals surface area contributed by atoms with Gasteiger partial charge in [-0.15, -0.1) is 0 Å². The lowest BCUT2D eigenvalue weighted by Crippen LogP contribution is -2.39. The maximum absolute atomic E-state index is 13.0. The molecule has 0 N–H and O–H groups in total. The molecule has 32 heavy (non-hydrogen) atoms. The minimum atomic E-state index is -4.51. The first kappa shape index (κ1) is 27.4. The molecule has 0 aliphatic carbocycles. The molecule has 0 fully saturated rings. The van der Waals surface area contributed by atoms with Gasteiger partial charge in [0.15, 0.2) is 0 Å². The van der Waals surface area contributed by atoms with E-state index in [1.807, 2.05) is 0 Å². The van der Waals surface area contributed by atoms with Gasteiger partial charge in [0.1, 0.15) is 23.1 Å². The normalized spacial score (nSPS) is 12.9. The van der Waals surface area contributed by atoms with E-state index in [0.717, 1.165) is 4.90 Å². The molecule has 0 radical (unpaired) electrons. The summed E-state index contributed by atoms with van der Waals surface area (Å²) in [6.07, 6.45) is -4.49. The van der Waals surface area contributed by atoms with Crippen molar-refractivity contribution in [2.45, 2.75) is 52.4 Å². The summed E-state index contributed by atoms with van der Waals surface area (Å²) in [7, 11) is 2.55. The highest BCUT2D eigenvalue weighted by atomic mass is 19.4. The molecule has 1 aromatic carbocycles. The van der Waals surface area contributed by atoms with Gasteiger partial charge in [-0.05, 0) is 51.3 Å². The van der Waals surface area contributed by atoms with Crippen molar-refractivity contribution in [2.24, 2.45) is 5.92 Å². The SMILES string of the molecule is COC(=O)C(Cc1ccc(CN(CC(=O)OC(C)(C)C)CC(F)(F)F)cc1OC)C(C)=O. The molecule has 0 spiro atoms. The minimum absolute atomic E-state index is 0.0234. The molecule has 1 rings (SSSR count). The van der Waals surface area contributed by atoms with E-state index in [-0.39, 0.29) is 18.7 Å². The summed E-state index contributed by atoms with van der Waals surface area (Å²) in [5.74, 6) is -2.54. The number of nitrogens with zero attached hydrogens (tertiary/aromatic N) is 1. The van der Waals surface area contributed by atoms with Gasteiger partial charge in [0.2, 0.25) is 0 Å².